The molecule has 100 valence electrons. The fraction of sp³-hybridized carbons (Fsp3) is 0.929. The van der Waals surface area contributed by atoms with Crippen molar-refractivity contribution in [2.75, 3.05) is 0 Å². The Hall–Kier alpha value is -0.570. The van der Waals surface area contributed by atoms with E-state index in [1.807, 2.05) is 0 Å². The van der Waals surface area contributed by atoms with Crippen LogP contribution in [0.1, 0.15) is 58.8 Å². The van der Waals surface area contributed by atoms with Gasteiger partial charge >= 0.3 is 5.97 Å². The lowest BCUT2D eigenvalue weighted by molar-refractivity contribution is -0.137. The summed E-state index contributed by atoms with van der Waals surface area (Å²) in [5.74, 6) is 1.17. The maximum Gasteiger partial charge on any atom is 0.304 e. The molecule has 0 saturated heterocycles. The molecule has 1 aliphatic carbocycles. The molecule has 0 radical (unpaired) electrons. The van der Waals surface area contributed by atoms with E-state index >= 15 is 0 Å². The van der Waals surface area contributed by atoms with Gasteiger partial charge in [-0.15, -0.1) is 0 Å². The molecular weight excluding hydrogens is 214 g/mol. The van der Waals surface area contributed by atoms with Crippen molar-refractivity contribution in [1.82, 2.24) is 0 Å². The van der Waals surface area contributed by atoms with Crippen molar-refractivity contribution in [3.8, 4) is 0 Å². The third-order valence-corrected chi connectivity index (χ3v) is 4.21. The Labute approximate surface area is 105 Å². The summed E-state index contributed by atoms with van der Waals surface area (Å²) in [6, 6.07) is -0.196. The molecule has 3 unspecified atom stereocenters. The number of nitrogens with two attached hydrogens (primary N) is 1. The van der Waals surface area contributed by atoms with Crippen LogP contribution in [-0.4, -0.2) is 17.1 Å². The first-order valence-electron chi connectivity index (χ1n) is 6.96. The van der Waals surface area contributed by atoms with Crippen LogP contribution in [0.2, 0.25) is 0 Å². The molecule has 0 amide bonds. The van der Waals surface area contributed by atoms with Gasteiger partial charge in [0.1, 0.15) is 0 Å². The molecule has 3 N–H and O–H groups in total. The van der Waals surface area contributed by atoms with E-state index in [1.54, 1.807) is 0 Å². The fourth-order valence-corrected chi connectivity index (χ4v) is 2.63. The maximum atomic E-state index is 10.6. The molecule has 0 aliphatic heterocycles. The molecular formula is C14H27NO2. The van der Waals surface area contributed by atoms with E-state index in [1.165, 1.54) is 32.1 Å². The summed E-state index contributed by atoms with van der Waals surface area (Å²) in [7, 11) is 0. The van der Waals surface area contributed by atoms with Crippen molar-refractivity contribution >= 4 is 5.97 Å². The highest BCUT2D eigenvalue weighted by Crippen LogP contribution is 2.32. The number of rotatable bonds is 8. The van der Waals surface area contributed by atoms with Crippen LogP contribution in [0.5, 0.6) is 0 Å². The van der Waals surface area contributed by atoms with E-state index < -0.39 is 5.97 Å². The van der Waals surface area contributed by atoms with Crippen LogP contribution in [0.3, 0.4) is 0 Å². The van der Waals surface area contributed by atoms with Gasteiger partial charge in [0.25, 0.3) is 0 Å². The van der Waals surface area contributed by atoms with E-state index in [4.69, 9.17) is 10.8 Å². The number of carboxylic acid groups (broad SMARTS) is 1. The highest BCUT2D eigenvalue weighted by Gasteiger charge is 2.21. The number of hydrogen-bond acceptors (Lipinski definition) is 2. The Morgan fingerprint density at radius 1 is 1.41 bits per heavy atom. The molecule has 1 aliphatic rings. The first-order valence-corrected chi connectivity index (χ1v) is 6.96. The lowest BCUT2D eigenvalue weighted by Gasteiger charge is -2.28. The van der Waals surface area contributed by atoms with Crippen LogP contribution < -0.4 is 5.73 Å². The van der Waals surface area contributed by atoms with Crippen LogP contribution in [0, 0.1) is 17.8 Å². The Morgan fingerprint density at radius 2 is 2.06 bits per heavy atom. The van der Waals surface area contributed by atoms with Gasteiger partial charge in [-0.1, -0.05) is 46.0 Å². The van der Waals surface area contributed by atoms with Crippen molar-refractivity contribution in [2.24, 2.45) is 23.5 Å². The number of carboxylic acids is 1. The molecule has 1 fully saturated rings. The smallest absolute Gasteiger partial charge is 0.304 e. The first-order chi connectivity index (χ1) is 7.99. The van der Waals surface area contributed by atoms with Gasteiger partial charge < -0.3 is 10.8 Å². The topological polar surface area (TPSA) is 63.3 Å². The monoisotopic (exact) mass is 241 g/mol. The van der Waals surface area contributed by atoms with Crippen molar-refractivity contribution in [3.05, 3.63) is 0 Å². The van der Waals surface area contributed by atoms with Crippen LogP contribution in [0.25, 0.3) is 0 Å². The summed E-state index contributed by atoms with van der Waals surface area (Å²) in [5.41, 5.74) is 5.88. The molecule has 0 spiro atoms. The van der Waals surface area contributed by atoms with Gasteiger partial charge in [0, 0.05) is 6.04 Å². The van der Waals surface area contributed by atoms with Crippen LogP contribution in [0.15, 0.2) is 0 Å². The van der Waals surface area contributed by atoms with Crippen molar-refractivity contribution < 1.29 is 9.90 Å². The molecule has 3 nitrogen and oxygen atoms in total. The predicted molar refractivity (Wildman–Crippen MR) is 69.7 cm³/mol. The quantitative estimate of drug-likeness (QED) is 0.686. The molecule has 1 saturated carbocycles. The summed E-state index contributed by atoms with van der Waals surface area (Å²) in [5, 5.41) is 8.70. The predicted octanol–water partition coefficient (Wildman–Crippen LogP) is 3.03. The largest absolute Gasteiger partial charge is 0.481 e. The van der Waals surface area contributed by atoms with Crippen molar-refractivity contribution in [1.29, 1.82) is 0 Å². The van der Waals surface area contributed by atoms with E-state index in [0.717, 1.165) is 12.3 Å². The standard InChI is InChI=1S/C14H27NO2/c1-10(6-7-12-4-3-5-12)8-11(2)13(15)9-14(16)17/h10-13H,3-9,15H2,1-2H3,(H,16,17). The van der Waals surface area contributed by atoms with Crippen LogP contribution in [-0.2, 0) is 4.79 Å². The Kier molecular flexibility index (Phi) is 5.96. The van der Waals surface area contributed by atoms with E-state index in [9.17, 15) is 4.79 Å². The van der Waals surface area contributed by atoms with Crippen LogP contribution >= 0.6 is 0 Å². The van der Waals surface area contributed by atoms with Gasteiger partial charge in [-0.05, 0) is 24.2 Å². The molecule has 0 aromatic carbocycles. The van der Waals surface area contributed by atoms with Gasteiger partial charge in [-0.2, -0.15) is 0 Å². The SMILES string of the molecule is CC(CCC1CCC1)CC(C)C(N)CC(=O)O. The molecule has 0 aromatic rings. The first kappa shape index (κ1) is 14.5. The fourth-order valence-electron chi connectivity index (χ4n) is 2.63. The van der Waals surface area contributed by atoms with E-state index in [2.05, 4.69) is 13.8 Å². The van der Waals surface area contributed by atoms with Gasteiger partial charge in [0.15, 0.2) is 0 Å². The second kappa shape index (κ2) is 7.00. The molecule has 0 aromatic heterocycles. The number of aliphatic carboxylic acids is 1. The Bertz CT molecular complexity index is 238. The highest BCUT2D eigenvalue weighted by molar-refractivity contribution is 5.67. The highest BCUT2D eigenvalue weighted by atomic mass is 16.4. The Balaban J connectivity index is 2.14. The van der Waals surface area contributed by atoms with Gasteiger partial charge in [-0.3, -0.25) is 4.79 Å². The molecule has 1 rings (SSSR count). The third kappa shape index (κ3) is 5.53. The maximum absolute atomic E-state index is 10.6. The van der Waals surface area contributed by atoms with Gasteiger partial charge in [-0.25, -0.2) is 0 Å². The minimum Gasteiger partial charge on any atom is -0.481 e. The number of hydrogen-bond donors (Lipinski definition) is 2. The molecule has 0 heterocycles. The lowest BCUT2D eigenvalue weighted by Crippen LogP contribution is -2.32. The van der Waals surface area contributed by atoms with Gasteiger partial charge in [0.2, 0.25) is 0 Å². The minimum absolute atomic E-state index is 0.0938. The third-order valence-electron chi connectivity index (χ3n) is 4.21. The summed E-state index contributed by atoms with van der Waals surface area (Å²) < 4.78 is 0. The zero-order valence-corrected chi connectivity index (χ0v) is 11.2. The van der Waals surface area contributed by atoms with Gasteiger partial charge in [0.05, 0.1) is 6.42 Å². The molecule has 0 bridgehead atoms. The number of carbonyl (C=O) groups is 1. The summed E-state index contributed by atoms with van der Waals surface area (Å²) in [6.07, 6.45) is 8.02. The zero-order valence-electron chi connectivity index (χ0n) is 11.2. The normalized spacial score (nSPS) is 21.6. The van der Waals surface area contributed by atoms with E-state index in [-0.39, 0.29) is 12.5 Å². The lowest BCUT2D eigenvalue weighted by atomic mass is 9.79. The zero-order chi connectivity index (χ0) is 12.8. The summed E-state index contributed by atoms with van der Waals surface area (Å²) in [6.45, 7) is 4.34. The molecule has 3 atom stereocenters. The summed E-state index contributed by atoms with van der Waals surface area (Å²) in [4.78, 5) is 10.6. The molecule has 17 heavy (non-hydrogen) atoms. The van der Waals surface area contributed by atoms with E-state index in [0.29, 0.717) is 11.8 Å². The molecule has 3 heteroatoms. The second-order valence-electron chi connectivity index (χ2n) is 5.95. The average molecular weight is 241 g/mol. The Morgan fingerprint density at radius 3 is 2.53 bits per heavy atom. The van der Waals surface area contributed by atoms with Crippen LogP contribution in [0.4, 0.5) is 0 Å². The van der Waals surface area contributed by atoms with Crippen molar-refractivity contribution in [3.63, 3.8) is 0 Å². The summed E-state index contributed by atoms with van der Waals surface area (Å²) >= 11 is 0. The van der Waals surface area contributed by atoms with Crippen molar-refractivity contribution in [2.45, 2.75) is 64.8 Å². The second-order valence-corrected chi connectivity index (χ2v) is 5.95. The average Bonchev–Trinajstić information content (AvgIpc) is 2.13. The minimum atomic E-state index is -0.786.